The van der Waals surface area contributed by atoms with Crippen molar-refractivity contribution >= 4 is 17.9 Å². The highest BCUT2D eigenvalue weighted by Gasteiger charge is 2.28. The smallest absolute Gasteiger partial charge is 0.350 e. The molecule has 0 atom stereocenters. The van der Waals surface area contributed by atoms with Gasteiger partial charge < -0.3 is 15.7 Å². The van der Waals surface area contributed by atoms with Crippen molar-refractivity contribution in [1.29, 1.82) is 0 Å². The molecule has 2 rings (SSSR count). The highest BCUT2D eigenvalue weighted by atomic mass is 16.4. The fraction of sp³-hybridized carbons (Fsp3) is 0.600. The molecule has 1 aromatic rings. The molecular formula is C10H15N5O3. The van der Waals surface area contributed by atoms with Gasteiger partial charge >= 0.3 is 11.7 Å². The Labute approximate surface area is 103 Å². The minimum absolute atomic E-state index is 0.0885. The highest BCUT2D eigenvalue weighted by molar-refractivity contribution is 5.80. The van der Waals surface area contributed by atoms with Gasteiger partial charge in [-0.05, 0) is 26.7 Å². The van der Waals surface area contributed by atoms with Gasteiger partial charge in [0.05, 0.1) is 0 Å². The minimum atomic E-state index is -1.23. The van der Waals surface area contributed by atoms with Gasteiger partial charge in [0, 0.05) is 6.04 Å². The molecule has 1 fully saturated rings. The van der Waals surface area contributed by atoms with E-state index >= 15 is 0 Å². The first-order chi connectivity index (χ1) is 8.37. The number of hydrogen-bond acceptors (Lipinski definition) is 6. The molecule has 0 amide bonds. The number of H-pyrrole nitrogens is 1. The van der Waals surface area contributed by atoms with Gasteiger partial charge in [-0.1, -0.05) is 0 Å². The lowest BCUT2D eigenvalue weighted by molar-refractivity contribution is -0.141. The van der Waals surface area contributed by atoms with Crippen LogP contribution < -0.4 is 16.3 Å². The Balaban J connectivity index is 2.19. The predicted molar refractivity (Wildman–Crippen MR) is 64.6 cm³/mol. The van der Waals surface area contributed by atoms with E-state index in [1.165, 1.54) is 13.8 Å². The Morgan fingerprint density at radius 3 is 2.67 bits per heavy atom. The third-order valence-electron chi connectivity index (χ3n) is 2.53. The second-order valence-electron chi connectivity index (χ2n) is 4.80. The molecule has 0 aromatic carbocycles. The molecule has 1 saturated carbocycles. The van der Waals surface area contributed by atoms with Crippen molar-refractivity contribution in [2.24, 2.45) is 0 Å². The Bertz CT molecular complexity index is 520. The van der Waals surface area contributed by atoms with Crippen molar-refractivity contribution in [3.63, 3.8) is 0 Å². The van der Waals surface area contributed by atoms with Gasteiger partial charge in [-0.3, -0.25) is 4.98 Å². The van der Waals surface area contributed by atoms with E-state index in [0.29, 0.717) is 6.04 Å². The summed E-state index contributed by atoms with van der Waals surface area (Å²) in [6.45, 7) is 2.95. The van der Waals surface area contributed by atoms with Crippen molar-refractivity contribution in [3.8, 4) is 0 Å². The van der Waals surface area contributed by atoms with Crippen LogP contribution in [0.5, 0.6) is 0 Å². The molecule has 0 bridgehead atoms. The zero-order valence-corrected chi connectivity index (χ0v) is 10.1. The van der Waals surface area contributed by atoms with Gasteiger partial charge in [0.1, 0.15) is 5.54 Å². The number of carboxylic acid groups (broad SMARTS) is 1. The average molecular weight is 253 g/mol. The third-order valence-corrected chi connectivity index (χ3v) is 2.53. The summed E-state index contributed by atoms with van der Waals surface area (Å²) in [7, 11) is 0. The zero-order chi connectivity index (χ0) is 13.3. The van der Waals surface area contributed by atoms with Crippen molar-refractivity contribution in [2.45, 2.75) is 38.3 Å². The summed E-state index contributed by atoms with van der Waals surface area (Å²) in [5.41, 5.74) is -1.80. The third kappa shape index (κ3) is 2.96. The van der Waals surface area contributed by atoms with E-state index in [1.807, 2.05) is 0 Å². The topological polar surface area (TPSA) is 120 Å². The number of aliphatic carboxylic acids is 1. The maximum absolute atomic E-state index is 11.3. The monoisotopic (exact) mass is 253 g/mol. The van der Waals surface area contributed by atoms with E-state index in [9.17, 15) is 9.59 Å². The normalized spacial score (nSPS) is 15.2. The molecule has 0 unspecified atom stereocenters. The first-order valence-corrected chi connectivity index (χ1v) is 5.63. The van der Waals surface area contributed by atoms with Crippen LogP contribution in [0.25, 0.3) is 0 Å². The summed E-state index contributed by atoms with van der Waals surface area (Å²) in [6, 6.07) is 0.312. The maximum atomic E-state index is 11.3. The van der Waals surface area contributed by atoms with Gasteiger partial charge in [-0.2, -0.15) is 9.97 Å². The number of nitrogens with zero attached hydrogens (tertiary/aromatic N) is 2. The Hall–Kier alpha value is -2.12. The van der Waals surface area contributed by atoms with Crippen molar-refractivity contribution in [1.82, 2.24) is 15.0 Å². The molecule has 8 nitrogen and oxygen atoms in total. The molecule has 1 heterocycles. The fourth-order valence-corrected chi connectivity index (χ4v) is 1.27. The molecule has 18 heavy (non-hydrogen) atoms. The summed E-state index contributed by atoms with van der Waals surface area (Å²) >= 11 is 0. The lowest BCUT2D eigenvalue weighted by atomic mass is 10.1. The predicted octanol–water partition coefficient (Wildman–Crippen LogP) is 0.0143. The van der Waals surface area contributed by atoms with Crippen LogP contribution in [0, 0.1) is 0 Å². The number of anilines is 2. The molecule has 1 aliphatic carbocycles. The molecule has 98 valence electrons. The number of carbonyl (C=O) groups is 1. The number of hydrogen-bond donors (Lipinski definition) is 4. The largest absolute Gasteiger partial charge is 0.480 e. The summed E-state index contributed by atoms with van der Waals surface area (Å²) in [5.74, 6) is -0.742. The minimum Gasteiger partial charge on any atom is -0.480 e. The quantitative estimate of drug-likeness (QED) is 0.583. The van der Waals surface area contributed by atoms with E-state index in [-0.39, 0.29) is 11.9 Å². The molecule has 1 aromatic heterocycles. The van der Waals surface area contributed by atoms with E-state index in [1.54, 1.807) is 0 Å². The van der Waals surface area contributed by atoms with E-state index in [2.05, 4.69) is 25.6 Å². The highest BCUT2D eigenvalue weighted by Crippen LogP contribution is 2.22. The lowest BCUT2D eigenvalue weighted by Crippen LogP contribution is -2.41. The van der Waals surface area contributed by atoms with Crippen LogP contribution >= 0.6 is 0 Å². The Morgan fingerprint density at radius 2 is 2.11 bits per heavy atom. The molecular weight excluding hydrogens is 238 g/mol. The summed E-state index contributed by atoms with van der Waals surface area (Å²) in [5, 5.41) is 14.6. The maximum Gasteiger partial charge on any atom is 0.350 e. The fourth-order valence-electron chi connectivity index (χ4n) is 1.27. The second kappa shape index (κ2) is 4.28. The summed E-state index contributed by atoms with van der Waals surface area (Å²) in [4.78, 5) is 32.4. The lowest BCUT2D eigenvalue weighted by Gasteiger charge is -2.21. The number of carboxylic acids is 1. The van der Waals surface area contributed by atoms with Crippen LogP contribution in [0.4, 0.5) is 11.9 Å². The number of rotatable bonds is 5. The number of aromatic amines is 1. The van der Waals surface area contributed by atoms with Crippen LogP contribution in [-0.4, -0.2) is 37.6 Å². The van der Waals surface area contributed by atoms with Crippen LogP contribution in [0.2, 0.25) is 0 Å². The van der Waals surface area contributed by atoms with Crippen LogP contribution in [0.3, 0.4) is 0 Å². The molecule has 4 N–H and O–H groups in total. The average Bonchev–Trinajstić information content (AvgIpc) is 2.99. The Kier molecular flexibility index (Phi) is 2.93. The van der Waals surface area contributed by atoms with Gasteiger partial charge in [0.25, 0.3) is 0 Å². The van der Waals surface area contributed by atoms with Crippen LogP contribution in [0.1, 0.15) is 26.7 Å². The molecule has 0 spiro atoms. The van der Waals surface area contributed by atoms with Gasteiger partial charge in [-0.15, -0.1) is 0 Å². The molecule has 0 saturated heterocycles. The van der Waals surface area contributed by atoms with Crippen molar-refractivity contribution in [2.75, 3.05) is 10.6 Å². The molecule has 0 aliphatic heterocycles. The zero-order valence-electron chi connectivity index (χ0n) is 10.1. The van der Waals surface area contributed by atoms with Crippen LogP contribution in [-0.2, 0) is 4.79 Å². The first kappa shape index (κ1) is 12.3. The number of nitrogens with one attached hydrogen (secondary N) is 3. The SMILES string of the molecule is CC(C)(Nc1nc(NC2CC2)nc(=O)[nH]1)C(=O)O. The van der Waals surface area contributed by atoms with E-state index < -0.39 is 17.2 Å². The van der Waals surface area contributed by atoms with E-state index in [4.69, 9.17) is 5.11 Å². The van der Waals surface area contributed by atoms with Crippen LogP contribution in [0.15, 0.2) is 4.79 Å². The van der Waals surface area contributed by atoms with Gasteiger partial charge in [0.2, 0.25) is 11.9 Å². The molecule has 8 heteroatoms. The molecule has 1 aliphatic rings. The standard InChI is InChI=1S/C10H15N5O3/c1-10(2,6(16)17)15-8-12-7(11-5-3-4-5)13-9(18)14-8/h5H,3-4H2,1-2H3,(H,16,17)(H3,11,12,13,14,15,18). The summed E-state index contributed by atoms with van der Waals surface area (Å²) in [6.07, 6.45) is 2.05. The van der Waals surface area contributed by atoms with Crippen molar-refractivity contribution in [3.05, 3.63) is 10.5 Å². The van der Waals surface area contributed by atoms with Gasteiger partial charge in [-0.25, -0.2) is 9.59 Å². The Morgan fingerprint density at radius 1 is 1.44 bits per heavy atom. The van der Waals surface area contributed by atoms with Crippen molar-refractivity contribution < 1.29 is 9.90 Å². The first-order valence-electron chi connectivity index (χ1n) is 5.63. The molecule has 0 radical (unpaired) electrons. The van der Waals surface area contributed by atoms with Gasteiger partial charge in [0.15, 0.2) is 0 Å². The summed E-state index contributed by atoms with van der Waals surface area (Å²) < 4.78 is 0. The van der Waals surface area contributed by atoms with E-state index in [0.717, 1.165) is 12.8 Å². The second-order valence-corrected chi connectivity index (χ2v) is 4.80. The number of aromatic nitrogens is 3.